The van der Waals surface area contributed by atoms with Gasteiger partial charge >= 0.3 is 0 Å². The van der Waals surface area contributed by atoms with E-state index in [-0.39, 0.29) is 5.91 Å². The molecule has 1 aliphatic rings. The molecule has 0 bridgehead atoms. The molecule has 1 amide bonds. The van der Waals surface area contributed by atoms with Crippen molar-refractivity contribution in [1.82, 2.24) is 25.6 Å². The van der Waals surface area contributed by atoms with Gasteiger partial charge in [0.2, 0.25) is 5.91 Å². The minimum Gasteiger partial charge on any atom is -0.370 e. The van der Waals surface area contributed by atoms with Crippen LogP contribution in [0.4, 0.5) is 11.8 Å². The van der Waals surface area contributed by atoms with Crippen molar-refractivity contribution in [2.75, 3.05) is 30.7 Å². The molecule has 1 saturated heterocycles. The van der Waals surface area contributed by atoms with Crippen molar-refractivity contribution >= 4 is 17.7 Å². The number of nitrogens with two attached hydrogens (primary N) is 1. The third kappa shape index (κ3) is 6.05. The summed E-state index contributed by atoms with van der Waals surface area (Å²) in [4.78, 5) is 23.8. The number of piperidine rings is 1. The third-order valence-corrected chi connectivity index (χ3v) is 5.57. The number of amides is 1. The number of benzene rings is 1. The molecule has 6 N–H and O–H groups in total. The summed E-state index contributed by atoms with van der Waals surface area (Å²) in [5.41, 5.74) is 9.42. The second-order valence-electron chi connectivity index (χ2n) is 7.96. The van der Waals surface area contributed by atoms with Crippen molar-refractivity contribution in [3.8, 4) is 11.3 Å². The number of aromatic amines is 1. The zero-order valence-electron chi connectivity index (χ0n) is 17.5. The third-order valence-electron chi connectivity index (χ3n) is 5.57. The van der Waals surface area contributed by atoms with Gasteiger partial charge in [-0.15, -0.1) is 0 Å². The highest BCUT2D eigenvalue weighted by molar-refractivity contribution is 5.78. The SMILES string of the molecule is Nc1ncc(-c2ccc(CNC(=O)Cc3ccc(NCC4CCNCC4)nc3)cc2)[nH]1. The molecule has 0 saturated carbocycles. The minimum absolute atomic E-state index is 0.0253. The van der Waals surface area contributed by atoms with Crippen molar-refractivity contribution in [2.45, 2.75) is 25.8 Å². The molecule has 0 spiro atoms. The van der Waals surface area contributed by atoms with E-state index in [0.29, 0.717) is 24.8 Å². The van der Waals surface area contributed by atoms with Crippen LogP contribution in [-0.2, 0) is 17.8 Å². The zero-order chi connectivity index (χ0) is 21.5. The summed E-state index contributed by atoms with van der Waals surface area (Å²) in [6.07, 6.45) is 6.19. The predicted octanol–water partition coefficient (Wildman–Crippen LogP) is 2.32. The lowest BCUT2D eigenvalue weighted by Crippen LogP contribution is -2.31. The summed E-state index contributed by atoms with van der Waals surface area (Å²) >= 11 is 0. The fourth-order valence-corrected chi connectivity index (χ4v) is 3.70. The van der Waals surface area contributed by atoms with Gasteiger partial charge in [0.15, 0.2) is 5.95 Å². The van der Waals surface area contributed by atoms with Crippen LogP contribution in [0.5, 0.6) is 0 Å². The molecule has 3 heterocycles. The highest BCUT2D eigenvalue weighted by Crippen LogP contribution is 2.18. The van der Waals surface area contributed by atoms with Gasteiger partial charge in [-0.3, -0.25) is 4.79 Å². The van der Waals surface area contributed by atoms with Gasteiger partial charge in [-0.05, 0) is 54.6 Å². The van der Waals surface area contributed by atoms with E-state index in [1.54, 1.807) is 12.4 Å². The molecular weight excluding hydrogens is 390 g/mol. The molecule has 162 valence electrons. The Morgan fingerprint density at radius 3 is 2.48 bits per heavy atom. The molecule has 2 aromatic heterocycles. The van der Waals surface area contributed by atoms with E-state index in [4.69, 9.17) is 5.73 Å². The number of anilines is 2. The van der Waals surface area contributed by atoms with Crippen LogP contribution in [0.1, 0.15) is 24.0 Å². The maximum atomic E-state index is 12.3. The summed E-state index contributed by atoms with van der Waals surface area (Å²) in [6, 6.07) is 11.8. The van der Waals surface area contributed by atoms with Crippen LogP contribution in [0.25, 0.3) is 11.3 Å². The van der Waals surface area contributed by atoms with Crippen LogP contribution in [0, 0.1) is 5.92 Å². The van der Waals surface area contributed by atoms with Crippen molar-refractivity contribution < 1.29 is 4.79 Å². The Kier molecular flexibility index (Phi) is 6.78. The summed E-state index contributed by atoms with van der Waals surface area (Å²) in [5.74, 6) is 1.93. The molecule has 1 aliphatic heterocycles. The van der Waals surface area contributed by atoms with Gasteiger partial charge in [0.05, 0.1) is 18.3 Å². The fraction of sp³-hybridized carbons (Fsp3) is 0.348. The van der Waals surface area contributed by atoms with Gasteiger partial charge in [0.25, 0.3) is 0 Å². The molecule has 1 aromatic carbocycles. The average Bonchev–Trinajstić information content (AvgIpc) is 3.24. The Balaban J connectivity index is 1.21. The van der Waals surface area contributed by atoms with E-state index >= 15 is 0 Å². The normalized spacial score (nSPS) is 14.3. The molecule has 8 heteroatoms. The first-order chi connectivity index (χ1) is 15.2. The number of hydrogen-bond acceptors (Lipinski definition) is 6. The van der Waals surface area contributed by atoms with Gasteiger partial charge in [0, 0.05) is 19.3 Å². The van der Waals surface area contributed by atoms with Gasteiger partial charge in [-0.1, -0.05) is 30.3 Å². The first-order valence-corrected chi connectivity index (χ1v) is 10.7. The Bertz CT molecular complexity index is 976. The number of hydrogen-bond donors (Lipinski definition) is 5. The quantitative estimate of drug-likeness (QED) is 0.382. The standard InChI is InChI=1S/C23H29N7O/c24-23-29-15-20(30-23)19-4-1-16(2-5-19)13-28-22(31)11-18-3-6-21(27-14-18)26-12-17-7-9-25-10-8-17/h1-6,14-15,17,25H,7-13H2,(H,26,27)(H,28,31)(H3,24,29,30). The number of nitrogens with one attached hydrogen (secondary N) is 4. The average molecular weight is 420 g/mol. The zero-order valence-corrected chi connectivity index (χ0v) is 17.5. The van der Waals surface area contributed by atoms with Crippen LogP contribution in [0.15, 0.2) is 48.8 Å². The topological polar surface area (TPSA) is 121 Å². The smallest absolute Gasteiger partial charge is 0.224 e. The number of nitrogen functional groups attached to an aromatic ring is 1. The van der Waals surface area contributed by atoms with E-state index in [1.165, 1.54) is 12.8 Å². The number of carbonyl (C=O) groups excluding carboxylic acids is 1. The second kappa shape index (κ2) is 10.1. The monoisotopic (exact) mass is 419 g/mol. The van der Waals surface area contributed by atoms with Gasteiger partial charge in [-0.2, -0.15) is 0 Å². The maximum absolute atomic E-state index is 12.3. The maximum Gasteiger partial charge on any atom is 0.224 e. The highest BCUT2D eigenvalue weighted by Gasteiger charge is 2.12. The van der Waals surface area contributed by atoms with Gasteiger partial charge in [-0.25, -0.2) is 9.97 Å². The number of aromatic nitrogens is 3. The van der Waals surface area contributed by atoms with Crippen molar-refractivity contribution in [2.24, 2.45) is 5.92 Å². The molecule has 31 heavy (non-hydrogen) atoms. The molecule has 4 rings (SSSR count). The predicted molar refractivity (Wildman–Crippen MR) is 122 cm³/mol. The van der Waals surface area contributed by atoms with Crippen molar-refractivity contribution in [3.63, 3.8) is 0 Å². The lowest BCUT2D eigenvalue weighted by molar-refractivity contribution is -0.120. The van der Waals surface area contributed by atoms with Crippen molar-refractivity contribution in [3.05, 3.63) is 59.9 Å². The Hall–Kier alpha value is -3.39. The van der Waals surface area contributed by atoms with Crippen LogP contribution in [0.3, 0.4) is 0 Å². The Morgan fingerprint density at radius 1 is 1.03 bits per heavy atom. The number of carbonyl (C=O) groups is 1. The Labute approximate surface area is 182 Å². The lowest BCUT2D eigenvalue weighted by Gasteiger charge is -2.22. The minimum atomic E-state index is -0.0253. The molecule has 0 radical (unpaired) electrons. The number of imidazole rings is 1. The van der Waals surface area contributed by atoms with Crippen LogP contribution >= 0.6 is 0 Å². The van der Waals surface area contributed by atoms with Gasteiger partial charge < -0.3 is 26.7 Å². The summed E-state index contributed by atoms with van der Waals surface area (Å²) in [5, 5.41) is 9.75. The van der Waals surface area contributed by atoms with Crippen LogP contribution in [-0.4, -0.2) is 40.5 Å². The lowest BCUT2D eigenvalue weighted by atomic mass is 9.98. The molecule has 0 unspecified atom stereocenters. The summed E-state index contributed by atoms with van der Waals surface area (Å²) < 4.78 is 0. The molecular formula is C23H29N7O. The van der Waals surface area contributed by atoms with E-state index in [1.807, 2.05) is 36.4 Å². The molecule has 0 atom stereocenters. The first-order valence-electron chi connectivity index (χ1n) is 10.7. The second-order valence-corrected chi connectivity index (χ2v) is 7.96. The van der Waals surface area contributed by atoms with E-state index in [2.05, 4.69) is 30.9 Å². The van der Waals surface area contributed by atoms with E-state index < -0.39 is 0 Å². The summed E-state index contributed by atoms with van der Waals surface area (Å²) in [6.45, 7) is 3.61. The molecule has 3 aromatic rings. The highest BCUT2D eigenvalue weighted by atomic mass is 16.1. The summed E-state index contributed by atoms with van der Waals surface area (Å²) in [7, 11) is 0. The van der Waals surface area contributed by atoms with E-state index in [0.717, 1.165) is 47.8 Å². The first kappa shape index (κ1) is 20.9. The Morgan fingerprint density at radius 2 is 1.81 bits per heavy atom. The number of rotatable bonds is 8. The number of nitrogens with zero attached hydrogens (tertiary/aromatic N) is 2. The van der Waals surface area contributed by atoms with Crippen molar-refractivity contribution in [1.29, 1.82) is 0 Å². The largest absolute Gasteiger partial charge is 0.370 e. The molecule has 1 fully saturated rings. The van der Waals surface area contributed by atoms with Gasteiger partial charge in [0.1, 0.15) is 5.82 Å². The molecule has 8 nitrogen and oxygen atoms in total. The van der Waals surface area contributed by atoms with Crippen LogP contribution < -0.4 is 21.7 Å². The number of pyridine rings is 1. The van der Waals surface area contributed by atoms with E-state index in [9.17, 15) is 4.79 Å². The van der Waals surface area contributed by atoms with Crippen LogP contribution in [0.2, 0.25) is 0 Å². The fourth-order valence-electron chi connectivity index (χ4n) is 3.70. The molecule has 0 aliphatic carbocycles. The number of H-pyrrole nitrogens is 1.